The maximum absolute atomic E-state index is 13.3. The van der Waals surface area contributed by atoms with Crippen LogP contribution >= 0.6 is 35.2 Å². The van der Waals surface area contributed by atoms with E-state index in [9.17, 15) is 72.6 Å². The number of hydrogen-bond acceptors (Lipinski definition) is 21. The molecule has 2 amide bonds. The van der Waals surface area contributed by atoms with Crippen molar-refractivity contribution in [1.29, 1.82) is 0 Å². The number of phosphoric ester groups is 3. The summed E-state index contributed by atoms with van der Waals surface area (Å²) >= 11 is 0.823. The minimum Gasteiger partial charge on any atom is -0.386 e. The third-order valence-electron chi connectivity index (χ3n) is 14.6. The fourth-order valence-corrected chi connectivity index (χ4v) is 14.3. The minimum absolute atomic E-state index is 0.0171. The van der Waals surface area contributed by atoms with Gasteiger partial charge in [-0.2, -0.15) is 4.31 Å². The van der Waals surface area contributed by atoms with Crippen LogP contribution in [-0.4, -0.2) is 145 Å². The molecule has 6 rings (SSSR count). The molecule has 0 spiro atoms. The molecule has 4 unspecified atom stereocenters. The van der Waals surface area contributed by atoms with Crippen LogP contribution in [0.1, 0.15) is 85.8 Å². The first-order valence-electron chi connectivity index (χ1n) is 22.7. The molecule has 398 valence electrons. The smallest absolute Gasteiger partial charge is 0.386 e. The van der Waals surface area contributed by atoms with Gasteiger partial charge in [-0.15, -0.1) is 0 Å². The van der Waals surface area contributed by atoms with Crippen LogP contribution in [0.15, 0.2) is 12.7 Å². The summed E-state index contributed by atoms with van der Waals surface area (Å²) in [6.07, 6.45) is -4.75. The van der Waals surface area contributed by atoms with Crippen LogP contribution < -0.4 is 16.4 Å². The van der Waals surface area contributed by atoms with Gasteiger partial charge in [0.1, 0.15) is 53.9 Å². The number of Topliss-reactive ketones (excluding diaryl/α,β-unsaturated/α-hetero) is 2. The van der Waals surface area contributed by atoms with Gasteiger partial charge in [-0.05, 0) is 56.8 Å². The first kappa shape index (κ1) is 57.1. The predicted octanol–water partition coefficient (Wildman–Crippen LogP) is 1.04. The van der Waals surface area contributed by atoms with E-state index in [4.69, 9.17) is 19.5 Å². The summed E-state index contributed by atoms with van der Waals surface area (Å²) in [6, 6.07) is 0. The number of nitrogens with zero attached hydrogens (tertiary/aromatic N) is 4. The van der Waals surface area contributed by atoms with Gasteiger partial charge >= 0.3 is 23.5 Å². The van der Waals surface area contributed by atoms with Gasteiger partial charge in [-0.3, -0.25) is 42.1 Å². The van der Waals surface area contributed by atoms with Gasteiger partial charge < -0.3 is 56.0 Å². The number of nitrogens with one attached hydrogen (secondary N) is 2. The van der Waals surface area contributed by atoms with Gasteiger partial charge in [0.05, 0.1) is 19.5 Å². The van der Waals surface area contributed by atoms with Crippen molar-refractivity contribution in [2.45, 2.75) is 116 Å². The maximum Gasteiger partial charge on any atom is 0.481 e. The molecule has 0 aromatic carbocycles. The number of anilines is 1. The van der Waals surface area contributed by atoms with Crippen LogP contribution in [0.5, 0.6) is 0 Å². The lowest BCUT2D eigenvalue weighted by Gasteiger charge is -2.57. The number of thioether (sulfide) groups is 1. The molecule has 11 N–H and O–H groups in total. The molecular weight excluding hydrogens is 1020 g/mol. The molecule has 4 aliphatic rings. The number of hydrogen-bond donors (Lipinski definition) is 10. The fraction of sp³-hybridized carbons (Fsp3) is 0.750. The van der Waals surface area contributed by atoms with Crippen molar-refractivity contribution < 1.29 is 95.2 Å². The zero-order chi connectivity index (χ0) is 52.6. The summed E-state index contributed by atoms with van der Waals surface area (Å²) in [7, 11) is -16.5. The van der Waals surface area contributed by atoms with Crippen molar-refractivity contribution in [2.75, 3.05) is 37.8 Å². The van der Waals surface area contributed by atoms with E-state index in [1.165, 1.54) is 20.8 Å². The molecule has 1 aliphatic heterocycles. The van der Waals surface area contributed by atoms with Crippen molar-refractivity contribution in [2.24, 2.45) is 39.9 Å². The van der Waals surface area contributed by atoms with Gasteiger partial charge in [-0.1, -0.05) is 39.5 Å². The number of fused-ring (bicyclic) bond motifs is 4. The van der Waals surface area contributed by atoms with E-state index >= 15 is 0 Å². The molecule has 3 saturated carbocycles. The minimum atomic E-state index is -5.62. The van der Waals surface area contributed by atoms with Gasteiger partial charge in [0.25, 0.3) is 0 Å². The van der Waals surface area contributed by atoms with Crippen molar-refractivity contribution in [3.05, 3.63) is 12.7 Å². The Morgan fingerprint density at radius 1 is 0.986 bits per heavy atom. The van der Waals surface area contributed by atoms with E-state index in [0.29, 0.717) is 32.1 Å². The molecule has 1 saturated heterocycles. The number of aromatic nitrogens is 4. The summed E-state index contributed by atoms with van der Waals surface area (Å²) in [5.41, 5.74) is 2.86. The van der Waals surface area contributed by atoms with Crippen molar-refractivity contribution in [1.82, 2.24) is 30.2 Å². The van der Waals surface area contributed by atoms with Gasteiger partial charge in [-0.25, -0.2) is 28.6 Å². The molecule has 2 aromatic rings. The van der Waals surface area contributed by atoms with Crippen LogP contribution in [0.25, 0.3) is 11.2 Å². The highest BCUT2D eigenvalue weighted by molar-refractivity contribution is 8.13. The number of amides is 2. The van der Waals surface area contributed by atoms with Crippen molar-refractivity contribution in [3.63, 3.8) is 0 Å². The SMILES string of the molecule is CC(=O)[C@@]1(C)C(C(O)C(=O)SCCNC(=O)CCNC(=O)[C@H](O)C(C)(C)COP(=O)(O)OP(=O)(O)OC[C@H]2O[C@@H](n3cnc4c(N)ncnc43)[C@H](O)[C@@H]2OP(=O)(O)O)CC[C@@H]2[C@@H]1CC[C@]1(C)C(=O)CC[C@@H]21. The number of ether oxygens (including phenoxy) is 1. The first-order chi connectivity index (χ1) is 32.9. The van der Waals surface area contributed by atoms with Crippen LogP contribution in [0.2, 0.25) is 0 Å². The van der Waals surface area contributed by atoms with Crippen molar-refractivity contribution >= 4 is 80.7 Å². The number of aliphatic hydroxyl groups is 3. The van der Waals surface area contributed by atoms with Crippen LogP contribution in [0.4, 0.5) is 5.82 Å². The molecule has 3 aliphatic carbocycles. The monoisotopic (exact) mass is 1090 g/mol. The number of nitrogen functional groups attached to an aromatic ring is 1. The standard InChI is InChI=1S/C40H62N7O20P3S/c1-20(48)40(5)23-10-12-39(4)22(8-9-26(39)49)21(23)6-7-24(40)29(51)37(55)71-15-14-42-27(50)11-13-43-35(54)32(53)38(2,3)17-64-70(61,62)67-69(59,60)63-16-25-31(66-68(56,57)58)30(52)36(65-25)47-19-46-28-33(41)44-18-45-34(28)47/h18-19,21-25,29-32,36,51-53H,6-17H2,1-5H3,(H,42,50)(H,43,54)(H,59,60)(H,61,62)(H2,41,44,45)(H2,56,57,58)/t21-,22-,23-,24?,25+,29?,30+,31+,32-,36+,39-,40+/m0/s1. The molecule has 14 atom stereocenters. The van der Waals surface area contributed by atoms with Crippen LogP contribution in [-0.2, 0) is 60.3 Å². The molecule has 2 aromatic heterocycles. The average Bonchev–Trinajstić information content (AvgIpc) is 3.94. The van der Waals surface area contributed by atoms with E-state index in [-0.39, 0.29) is 71.6 Å². The molecule has 31 heteroatoms. The average molecular weight is 1090 g/mol. The second-order valence-corrected chi connectivity index (χ2v) is 24.8. The van der Waals surface area contributed by atoms with E-state index < -0.39 is 113 Å². The summed E-state index contributed by atoms with van der Waals surface area (Å²) in [5, 5.41) is 37.4. The van der Waals surface area contributed by atoms with E-state index in [2.05, 4.69) is 34.4 Å². The van der Waals surface area contributed by atoms with Crippen LogP contribution in [0.3, 0.4) is 0 Å². The summed E-state index contributed by atoms with van der Waals surface area (Å²) < 4.78 is 62.6. The number of phosphoric acid groups is 3. The lowest BCUT2D eigenvalue weighted by Crippen LogP contribution is -2.57. The Hall–Kier alpha value is -3.14. The van der Waals surface area contributed by atoms with E-state index in [1.54, 1.807) is 0 Å². The number of rotatable bonds is 22. The normalized spacial score (nSPS) is 31.5. The van der Waals surface area contributed by atoms with Gasteiger partial charge in [0, 0.05) is 53.8 Å². The molecule has 71 heavy (non-hydrogen) atoms. The third-order valence-corrected chi connectivity index (χ3v) is 18.7. The summed E-state index contributed by atoms with van der Waals surface area (Å²) in [4.78, 5) is 116. The molecule has 3 heterocycles. The topological polar surface area (TPSA) is 418 Å². The molecular formula is C40H62N7O20P3S. The Morgan fingerprint density at radius 3 is 2.35 bits per heavy atom. The number of aliphatic hydroxyl groups excluding tert-OH is 3. The maximum atomic E-state index is 13.3. The first-order valence-corrected chi connectivity index (χ1v) is 28.2. The molecule has 0 bridgehead atoms. The number of imidazole rings is 1. The molecule has 27 nitrogen and oxygen atoms in total. The lowest BCUT2D eigenvalue weighted by molar-refractivity contribution is -0.159. The predicted molar refractivity (Wildman–Crippen MR) is 247 cm³/mol. The zero-order valence-electron chi connectivity index (χ0n) is 39.5. The highest BCUT2D eigenvalue weighted by Crippen LogP contribution is 2.64. The van der Waals surface area contributed by atoms with Crippen LogP contribution in [0, 0.1) is 39.9 Å². The fourth-order valence-electron chi connectivity index (χ4n) is 10.7. The number of nitrogens with two attached hydrogens (primary N) is 1. The lowest BCUT2D eigenvalue weighted by atomic mass is 9.46. The number of carbonyl (C=O) groups excluding carboxylic acids is 5. The highest BCUT2D eigenvalue weighted by atomic mass is 32.2. The summed E-state index contributed by atoms with van der Waals surface area (Å²) in [5.74, 6) is -1.66. The number of carbonyl (C=O) groups is 5. The quantitative estimate of drug-likeness (QED) is 0.0582. The Kier molecular flexibility index (Phi) is 17.7. The largest absolute Gasteiger partial charge is 0.481 e. The second-order valence-electron chi connectivity index (χ2n) is 19.5. The Bertz CT molecular complexity index is 2500. The van der Waals surface area contributed by atoms with E-state index in [1.807, 2.05) is 13.8 Å². The van der Waals surface area contributed by atoms with Crippen molar-refractivity contribution in [3.8, 4) is 0 Å². The zero-order valence-corrected chi connectivity index (χ0v) is 43.0. The Balaban J connectivity index is 0.907. The summed E-state index contributed by atoms with van der Waals surface area (Å²) in [6.45, 7) is 5.50. The Morgan fingerprint density at radius 2 is 1.68 bits per heavy atom. The molecule has 4 fully saturated rings. The third kappa shape index (κ3) is 12.7. The Labute approximate surface area is 411 Å². The van der Waals surface area contributed by atoms with E-state index in [0.717, 1.165) is 35.4 Å². The number of ketones is 2. The second kappa shape index (κ2) is 22.0. The molecule has 0 radical (unpaired) electrons. The van der Waals surface area contributed by atoms with Gasteiger partial charge in [0.2, 0.25) is 16.9 Å². The van der Waals surface area contributed by atoms with Gasteiger partial charge in [0.15, 0.2) is 17.7 Å². The highest BCUT2D eigenvalue weighted by Gasteiger charge is 2.62.